The van der Waals surface area contributed by atoms with Gasteiger partial charge in [0.1, 0.15) is 10.8 Å². The molecule has 4 heteroatoms. The highest BCUT2D eigenvalue weighted by Gasteiger charge is 2.23. The normalized spacial score (nSPS) is 17.8. The highest BCUT2D eigenvalue weighted by molar-refractivity contribution is 7.15. The van der Waals surface area contributed by atoms with Crippen LogP contribution in [0.25, 0.3) is 10.6 Å². The number of nitrogens with zero attached hydrogens (tertiary/aromatic N) is 1. The first-order valence-corrected chi connectivity index (χ1v) is 8.43. The summed E-state index contributed by atoms with van der Waals surface area (Å²) in [7, 11) is 2.02. The lowest BCUT2D eigenvalue weighted by atomic mass is 9.98. The molecule has 1 aliphatic carbocycles. The molecule has 0 saturated heterocycles. The minimum Gasteiger partial charge on any atom is -0.491 e. The molecule has 0 spiro atoms. The molecule has 0 fully saturated rings. The molecule has 1 N–H and O–H groups in total. The number of hydrogen-bond donors (Lipinski definition) is 1. The predicted molar refractivity (Wildman–Crippen MR) is 88.1 cm³/mol. The van der Waals surface area contributed by atoms with Gasteiger partial charge < -0.3 is 10.1 Å². The van der Waals surface area contributed by atoms with E-state index in [2.05, 4.69) is 17.4 Å². The summed E-state index contributed by atoms with van der Waals surface area (Å²) >= 11 is 1.83. The van der Waals surface area contributed by atoms with E-state index in [0.29, 0.717) is 6.04 Å². The first kappa shape index (κ1) is 14.5. The number of benzene rings is 1. The number of aryl methyl sites for hydroxylation is 1. The number of hydrogen-bond acceptors (Lipinski definition) is 4. The molecule has 1 atom stereocenters. The Labute approximate surface area is 130 Å². The summed E-state index contributed by atoms with van der Waals surface area (Å²) in [5, 5.41) is 4.49. The number of nitrogens with one attached hydrogen (secondary N) is 1. The van der Waals surface area contributed by atoms with E-state index in [1.807, 2.05) is 44.4 Å². The lowest BCUT2D eigenvalue weighted by Gasteiger charge is -2.19. The third kappa shape index (κ3) is 3.11. The van der Waals surface area contributed by atoms with Crippen LogP contribution in [0.1, 0.15) is 43.3 Å². The molecule has 0 saturated carbocycles. The van der Waals surface area contributed by atoms with Gasteiger partial charge in [-0.2, -0.15) is 0 Å². The molecule has 0 amide bonds. The van der Waals surface area contributed by atoms with Gasteiger partial charge in [-0.1, -0.05) is 12.1 Å². The molecule has 1 heterocycles. The average Bonchev–Trinajstić information content (AvgIpc) is 2.90. The van der Waals surface area contributed by atoms with Crippen LogP contribution in [0.5, 0.6) is 5.75 Å². The standard InChI is InChI=1S/C17H22N2OS/c1-11(2)20-13-7-4-6-12(10-13)17-19-16-14(18-3)8-5-9-15(16)21-17/h4,6-7,10-11,14,18H,5,8-9H2,1-3H3. The number of ether oxygens (including phenoxy) is 1. The number of thiazole rings is 1. The summed E-state index contributed by atoms with van der Waals surface area (Å²) in [4.78, 5) is 6.33. The minimum absolute atomic E-state index is 0.193. The fourth-order valence-electron chi connectivity index (χ4n) is 2.80. The van der Waals surface area contributed by atoms with E-state index in [4.69, 9.17) is 9.72 Å². The first-order chi connectivity index (χ1) is 10.2. The molecule has 1 aromatic carbocycles. The molecule has 1 unspecified atom stereocenters. The van der Waals surface area contributed by atoms with Gasteiger partial charge in [0.05, 0.1) is 17.8 Å². The van der Waals surface area contributed by atoms with Crippen molar-refractivity contribution >= 4 is 11.3 Å². The molecule has 0 aliphatic heterocycles. The smallest absolute Gasteiger partial charge is 0.124 e. The third-order valence-electron chi connectivity index (χ3n) is 3.76. The van der Waals surface area contributed by atoms with Crippen molar-refractivity contribution in [1.29, 1.82) is 0 Å². The minimum atomic E-state index is 0.193. The van der Waals surface area contributed by atoms with Crippen molar-refractivity contribution in [2.75, 3.05) is 7.05 Å². The number of rotatable bonds is 4. The molecule has 112 valence electrons. The monoisotopic (exact) mass is 302 g/mol. The Hall–Kier alpha value is -1.39. The van der Waals surface area contributed by atoms with E-state index >= 15 is 0 Å². The Morgan fingerprint density at radius 3 is 3.00 bits per heavy atom. The SMILES string of the molecule is CNC1CCCc2sc(-c3cccc(OC(C)C)c3)nc21. The Kier molecular flexibility index (Phi) is 4.27. The molecule has 3 rings (SSSR count). The van der Waals surface area contributed by atoms with Crippen LogP contribution in [0.3, 0.4) is 0 Å². The van der Waals surface area contributed by atoms with E-state index in [9.17, 15) is 0 Å². The zero-order valence-corrected chi connectivity index (χ0v) is 13.7. The van der Waals surface area contributed by atoms with Crippen LogP contribution < -0.4 is 10.1 Å². The van der Waals surface area contributed by atoms with Crippen molar-refractivity contribution in [3.8, 4) is 16.3 Å². The predicted octanol–water partition coefficient (Wildman–Crippen LogP) is 4.19. The summed E-state index contributed by atoms with van der Waals surface area (Å²) < 4.78 is 5.79. The van der Waals surface area contributed by atoms with Crippen molar-refractivity contribution in [3.05, 3.63) is 34.8 Å². The van der Waals surface area contributed by atoms with Gasteiger partial charge >= 0.3 is 0 Å². The van der Waals surface area contributed by atoms with E-state index in [-0.39, 0.29) is 6.10 Å². The zero-order valence-electron chi connectivity index (χ0n) is 12.8. The summed E-state index contributed by atoms with van der Waals surface area (Å²) in [5.74, 6) is 0.917. The molecule has 2 aromatic rings. The fraction of sp³-hybridized carbons (Fsp3) is 0.471. The van der Waals surface area contributed by atoms with Gasteiger partial charge in [-0.05, 0) is 52.3 Å². The van der Waals surface area contributed by atoms with Gasteiger partial charge in [-0.25, -0.2) is 4.98 Å². The largest absolute Gasteiger partial charge is 0.491 e. The van der Waals surface area contributed by atoms with Crippen LogP contribution in [0.2, 0.25) is 0 Å². The van der Waals surface area contributed by atoms with Crippen molar-refractivity contribution in [1.82, 2.24) is 10.3 Å². The van der Waals surface area contributed by atoms with Crippen LogP contribution in [-0.2, 0) is 6.42 Å². The first-order valence-electron chi connectivity index (χ1n) is 7.61. The number of aromatic nitrogens is 1. The topological polar surface area (TPSA) is 34.1 Å². The quantitative estimate of drug-likeness (QED) is 0.919. The van der Waals surface area contributed by atoms with Crippen molar-refractivity contribution in [2.45, 2.75) is 45.3 Å². The van der Waals surface area contributed by atoms with Gasteiger partial charge in [0.2, 0.25) is 0 Å². The molecular formula is C17H22N2OS. The summed E-state index contributed by atoms with van der Waals surface area (Å²) in [6, 6.07) is 8.68. The molecule has 0 bridgehead atoms. The average molecular weight is 302 g/mol. The van der Waals surface area contributed by atoms with Gasteiger partial charge in [0, 0.05) is 10.4 Å². The van der Waals surface area contributed by atoms with E-state index < -0.39 is 0 Å². The summed E-state index contributed by atoms with van der Waals surface area (Å²) in [6.45, 7) is 4.10. The molecule has 1 aromatic heterocycles. The van der Waals surface area contributed by atoms with Crippen LogP contribution >= 0.6 is 11.3 Å². The molecule has 0 radical (unpaired) electrons. The molecule has 21 heavy (non-hydrogen) atoms. The number of fused-ring (bicyclic) bond motifs is 1. The Morgan fingerprint density at radius 1 is 1.38 bits per heavy atom. The maximum absolute atomic E-state index is 5.79. The van der Waals surface area contributed by atoms with Gasteiger partial charge in [-0.15, -0.1) is 11.3 Å². The van der Waals surface area contributed by atoms with E-state index in [0.717, 1.165) is 22.7 Å². The lowest BCUT2D eigenvalue weighted by Crippen LogP contribution is -2.21. The van der Waals surface area contributed by atoms with E-state index in [1.165, 1.54) is 23.4 Å². The second-order valence-electron chi connectivity index (χ2n) is 5.76. The van der Waals surface area contributed by atoms with Crippen LogP contribution in [0, 0.1) is 0 Å². The second kappa shape index (κ2) is 6.16. The third-order valence-corrected chi connectivity index (χ3v) is 4.94. The maximum Gasteiger partial charge on any atom is 0.124 e. The van der Waals surface area contributed by atoms with Crippen molar-refractivity contribution < 1.29 is 4.74 Å². The Bertz CT molecular complexity index is 621. The Morgan fingerprint density at radius 2 is 2.24 bits per heavy atom. The summed E-state index contributed by atoms with van der Waals surface area (Å²) in [6.07, 6.45) is 3.78. The lowest BCUT2D eigenvalue weighted by molar-refractivity contribution is 0.242. The van der Waals surface area contributed by atoms with Crippen molar-refractivity contribution in [2.24, 2.45) is 0 Å². The highest BCUT2D eigenvalue weighted by atomic mass is 32.1. The highest BCUT2D eigenvalue weighted by Crippen LogP contribution is 2.37. The van der Waals surface area contributed by atoms with Crippen LogP contribution in [0.4, 0.5) is 0 Å². The van der Waals surface area contributed by atoms with Gasteiger partial charge in [0.25, 0.3) is 0 Å². The van der Waals surface area contributed by atoms with Gasteiger partial charge in [0.15, 0.2) is 0 Å². The van der Waals surface area contributed by atoms with Crippen LogP contribution in [-0.4, -0.2) is 18.1 Å². The molecular weight excluding hydrogens is 280 g/mol. The second-order valence-corrected chi connectivity index (χ2v) is 6.84. The van der Waals surface area contributed by atoms with Crippen molar-refractivity contribution in [3.63, 3.8) is 0 Å². The maximum atomic E-state index is 5.79. The Balaban J connectivity index is 1.92. The van der Waals surface area contributed by atoms with Crippen LogP contribution in [0.15, 0.2) is 24.3 Å². The van der Waals surface area contributed by atoms with Gasteiger partial charge in [-0.3, -0.25) is 0 Å². The molecule has 3 nitrogen and oxygen atoms in total. The molecule has 1 aliphatic rings. The fourth-order valence-corrected chi connectivity index (χ4v) is 3.96. The van der Waals surface area contributed by atoms with E-state index in [1.54, 1.807) is 0 Å². The summed E-state index contributed by atoms with van der Waals surface area (Å²) in [5.41, 5.74) is 2.40. The zero-order chi connectivity index (χ0) is 14.8.